The lowest BCUT2D eigenvalue weighted by Gasteiger charge is -2.16. The highest BCUT2D eigenvalue weighted by atomic mass is 32.2. The summed E-state index contributed by atoms with van der Waals surface area (Å²) in [6, 6.07) is 4.87. The summed E-state index contributed by atoms with van der Waals surface area (Å²) in [4.78, 5) is 16.2. The lowest BCUT2D eigenvalue weighted by Crippen LogP contribution is -2.20. The molecule has 0 unspecified atom stereocenters. The highest BCUT2D eigenvalue weighted by molar-refractivity contribution is 7.92. The van der Waals surface area contributed by atoms with Gasteiger partial charge in [0.1, 0.15) is 4.21 Å². The zero-order valence-electron chi connectivity index (χ0n) is 12.1. The molecular formula is C13H15N3O4S2. The number of thiophene rings is 1. The maximum absolute atomic E-state index is 11.6. The molecule has 0 saturated heterocycles. The number of aromatic nitrogens is 1. The fourth-order valence-corrected chi connectivity index (χ4v) is 3.90. The molecule has 0 saturated carbocycles. The highest BCUT2D eigenvalue weighted by Crippen LogP contribution is 2.39. The fraction of sp³-hybridized carbons (Fsp3) is 0.308. The molecule has 2 aromatic heterocycles. The van der Waals surface area contributed by atoms with Gasteiger partial charge in [0.05, 0.1) is 4.92 Å². The lowest BCUT2D eigenvalue weighted by atomic mass is 10.2. The Bertz CT molecular complexity index is 772. The van der Waals surface area contributed by atoms with Gasteiger partial charge in [0.15, 0.2) is 14.8 Å². The first-order valence-electron chi connectivity index (χ1n) is 6.37. The van der Waals surface area contributed by atoms with E-state index in [0.29, 0.717) is 18.0 Å². The van der Waals surface area contributed by atoms with Crippen LogP contribution in [0, 0.1) is 10.1 Å². The number of rotatable bonds is 6. The van der Waals surface area contributed by atoms with E-state index in [1.165, 1.54) is 0 Å². The van der Waals surface area contributed by atoms with Gasteiger partial charge in [-0.2, -0.15) is 0 Å². The van der Waals surface area contributed by atoms with Crippen molar-refractivity contribution in [3.63, 3.8) is 0 Å². The molecule has 118 valence electrons. The monoisotopic (exact) mass is 341 g/mol. The zero-order valence-corrected chi connectivity index (χ0v) is 13.7. The van der Waals surface area contributed by atoms with Crippen molar-refractivity contribution in [3.8, 4) is 0 Å². The minimum absolute atomic E-state index is 0.00459. The SMILES string of the molecule is CN(CCc1ccncc1)c1sc(S(C)(=O)=O)cc1[N+](=O)[O-]. The normalized spacial score (nSPS) is 11.4. The Morgan fingerprint density at radius 2 is 2.00 bits per heavy atom. The minimum Gasteiger partial charge on any atom is -0.360 e. The summed E-state index contributed by atoms with van der Waals surface area (Å²) in [6.07, 6.45) is 5.10. The number of sulfone groups is 1. The molecular weight excluding hydrogens is 326 g/mol. The van der Waals surface area contributed by atoms with Gasteiger partial charge in [0, 0.05) is 38.3 Å². The van der Waals surface area contributed by atoms with Crippen LogP contribution in [0.1, 0.15) is 5.56 Å². The van der Waals surface area contributed by atoms with E-state index in [1.54, 1.807) is 24.3 Å². The lowest BCUT2D eigenvalue weighted by molar-refractivity contribution is -0.383. The Labute approximate surface area is 132 Å². The van der Waals surface area contributed by atoms with E-state index in [9.17, 15) is 18.5 Å². The van der Waals surface area contributed by atoms with Gasteiger partial charge in [-0.05, 0) is 24.1 Å². The van der Waals surface area contributed by atoms with Gasteiger partial charge in [-0.1, -0.05) is 11.3 Å². The van der Waals surface area contributed by atoms with Crippen LogP contribution in [-0.2, 0) is 16.3 Å². The molecule has 7 nitrogen and oxygen atoms in total. The number of anilines is 1. The first kappa shape index (κ1) is 16.4. The first-order valence-corrected chi connectivity index (χ1v) is 9.08. The third-order valence-electron chi connectivity index (χ3n) is 3.07. The summed E-state index contributed by atoms with van der Waals surface area (Å²) in [5, 5.41) is 11.5. The van der Waals surface area contributed by atoms with Crippen LogP contribution >= 0.6 is 11.3 Å². The molecule has 0 bridgehead atoms. The fourth-order valence-electron chi connectivity index (χ4n) is 1.89. The molecule has 0 N–H and O–H groups in total. The van der Waals surface area contributed by atoms with Crippen LogP contribution < -0.4 is 4.90 Å². The van der Waals surface area contributed by atoms with Gasteiger partial charge in [-0.25, -0.2) is 8.42 Å². The Morgan fingerprint density at radius 1 is 1.36 bits per heavy atom. The molecule has 2 aromatic rings. The van der Waals surface area contributed by atoms with E-state index in [4.69, 9.17) is 0 Å². The maximum Gasteiger partial charge on any atom is 0.304 e. The van der Waals surface area contributed by atoms with Crippen LogP contribution in [0.3, 0.4) is 0 Å². The van der Waals surface area contributed by atoms with Gasteiger partial charge in [-0.15, -0.1) is 0 Å². The van der Waals surface area contributed by atoms with Crippen molar-refractivity contribution in [2.24, 2.45) is 0 Å². The third kappa shape index (κ3) is 3.80. The van der Waals surface area contributed by atoms with Crippen molar-refractivity contribution in [2.75, 3.05) is 24.7 Å². The average Bonchev–Trinajstić information content (AvgIpc) is 2.91. The molecule has 2 heterocycles. The molecule has 0 aliphatic heterocycles. The largest absolute Gasteiger partial charge is 0.360 e. The summed E-state index contributed by atoms with van der Waals surface area (Å²) in [7, 11) is -1.75. The highest BCUT2D eigenvalue weighted by Gasteiger charge is 2.25. The predicted molar refractivity (Wildman–Crippen MR) is 85.3 cm³/mol. The first-order chi connectivity index (χ1) is 10.3. The van der Waals surface area contributed by atoms with Gasteiger partial charge in [0.25, 0.3) is 0 Å². The smallest absolute Gasteiger partial charge is 0.304 e. The number of pyridine rings is 1. The molecule has 0 atom stereocenters. The number of hydrogen-bond acceptors (Lipinski definition) is 7. The average molecular weight is 341 g/mol. The summed E-state index contributed by atoms with van der Waals surface area (Å²) in [6.45, 7) is 0.536. The Hall–Kier alpha value is -2.00. The molecule has 0 spiro atoms. The summed E-state index contributed by atoms with van der Waals surface area (Å²) in [5.74, 6) is 0. The number of likely N-dealkylation sites (N-methyl/N-ethyl adjacent to an activating group) is 1. The zero-order chi connectivity index (χ0) is 16.3. The number of nitrogens with zero attached hydrogens (tertiary/aromatic N) is 3. The second kappa shape index (κ2) is 6.41. The van der Waals surface area contributed by atoms with E-state index >= 15 is 0 Å². The Morgan fingerprint density at radius 3 is 2.55 bits per heavy atom. The van der Waals surface area contributed by atoms with Gasteiger partial charge in [-0.3, -0.25) is 15.1 Å². The molecule has 0 fully saturated rings. The van der Waals surface area contributed by atoms with Crippen molar-refractivity contribution >= 4 is 31.9 Å². The quantitative estimate of drug-likeness (QED) is 0.590. The van der Waals surface area contributed by atoms with Crippen LogP contribution in [0.5, 0.6) is 0 Å². The third-order valence-corrected chi connectivity index (χ3v) is 6.11. The summed E-state index contributed by atoms with van der Waals surface area (Å²) < 4.78 is 23.2. The van der Waals surface area contributed by atoms with Crippen molar-refractivity contribution < 1.29 is 13.3 Å². The van der Waals surface area contributed by atoms with E-state index in [-0.39, 0.29) is 9.90 Å². The van der Waals surface area contributed by atoms with Crippen molar-refractivity contribution in [2.45, 2.75) is 10.6 Å². The molecule has 0 aliphatic carbocycles. The standard InChI is InChI=1S/C13H15N3O4S2/c1-15(8-5-10-3-6-14-7-4-10)13-11(16(17)18)9-12(21-13)22(2,19)20/h3-4,6-7,9H,5,8H2,1-2H3. The van der Waals surface area contributed by atoms with Crippen LogP contribution in [0.2, 0.25) is 0 Å². The molecule has 0 aromatic carbocycles. The van der Waals surface area contributed by atoms with E-state index in [2.05, 4.69) is 4.98 Å². The summed E-state index contributed by atoms with van der Waals surface area (Å²) in [5.41, 5.74) is 0.882. The molecule has 0 aliphatic rings. The second-order valence-electron chi connectivity index (χ2n) is 4.81. The van der Waals surface area contributed by atoms with E-state index < -0.39 is 14.8 Å². The van der Waals surface area contributed by atoms with Crippen LogP contribution in [0.15, 0.2) is 34.8 Å². The Balaban J connectivity index is 2.23. The molecule has 0 amide bonds. The van der Waals surface area contributed by atoms with Crippen molar-refractivity contribution in [3.05, 3.63) is 46.3 Å². The Kier molecular flexibility index (Phi) is 4.77. The van der Waals surface area contributed by atoms with Gasteiger partial charge >= 0.3 is 5.69 Å². The minimum atomic E-state index is -3.46. The second-order valence-corrected chi connectivity index (χ2v) is 8.09. The molecule has 0 radical (unpaired) electrons. The summed E-state index contributed by atoms with van der Waals surface area (Å²) >= 11 is 0.922. The number of nitro groups is 1. The molecule has 22 heavy (non-hydrogen) atoms. The van der Waals surface area contributed by atoms with Crippen LogP contribution in [-0.4, -0.2) is 38.2 Å². The van der Waals surface area contributed by atoms with E-state index in [0.717, 1.165) is 29.2 Å². The maximum atomic E-state index is 11.6. The van der Waals surface area contributed by atoms with Gasteiger partial charge < -0.3 is 4.90 Å². The van der Waals surface area contributed by atoms with Crippen LogP contribution in [0.4, 0.5) is 10.7 Å². The number of hydrogen-bond donors (Lipinski definition) is 0. The van der Waals surface area contributed by atoms with Crippen molar-refractivity contribution in [1.82, 2.24) is 4.98 Å². The molecule has 9 heteroatoms. The van der Waals surface area contributed by atoms with Crippen LogP contribution in [0.25, 0.3) is 0 Å². The van der Waals surface area contributed by atoms with Gasteiger partial charge in [0.2, 0.25) is 0 Å². The topological polar surface area (TPSA) is 93.4 Å². The predicted octanol–water partition coefficient (Wildman–Crippen LogP) is 2.13. The van der Waals surface area contributed by atoms with E-state index in [1.807, 2.05) is 12.1 Å². The van der Waals surface area contributed by atoms with Crippen molar-refractivity contribution in [1.29, 1.82) is 0 Å². The molecule has 2 rings (SSSR count).